The molecule has 3 rings (SSSR count). The van der Waals surface area contributed by atoms with Gasteiger partial charge in [-0.3, -0.25) is 9.59 Å². The molecule has 3 heterocycles. The molecule has 39 nitrogen and oxygen atoms in total. The van der Waals surface area contributed by atoms with Crippen LogP contribution in [0.4, 0.5) is 0 Å². The number of rotatable bonds is 21. The molecule has 0 amide bonds. The number of carbonyl (C=O) groups is 2. The molecule has 19 atom stereocenters. The van der Waals surface area contributed by atoms with E-state index < -0.39 is 270 Å². The second-order valence-electron chi connectivity index (χ2n) is 19.0. The van der Waals surface area contributed by atoms with Crippen molar-refractivity contribution < 1.29 is 185 Å². The van der Waals surface area contributed by atoms with E-state index in [1.807, 2.05) is 0 Å². The summed E-state index contributed by atoms with van der Waals surface area (Å²) in [6.45, 7) is -5.26. The van der Waals surface area contributed by atoms with Crippen molar-refractivity contribution in [3.8, 4) is 0 Å². The van der Waals surface area contributed by atoms with E-state index in [9.17, 15) is 147 Å². The molecule has 41 heteroatoms. The molecule has 3 aliphatic rings. The first kappa shape index (κ1) is 79.9. The zero-order valence-corrected chi connectivity index (χ0v) is 48.3. The van der Waals surface area contributed by atoms with Crippen LogP contribution in [-0.2, 0) is 47.5 Å². The third kappa shape index (κ3) is 23.7. The summed E-state index contributed by atoms with van der Waals surface area (Å²) in [4.78, 5) is 22.6. The normalized spacial score (nSPS) is 37.3. The quantitative estimate of drug-likeness (QED) is 0.0477. The summed E-state index contributed by atoms with van der Waals surface area (Å²) in [5, 5.41) is 288. The van der Waals surface area contributed by atoms with Crippen molar-refractivity contribution in [3.63, 3.8) is 0 Å². The average Bonchev–Trinajstić information content (AvgIpc) is 1.28. The fourth-order valence-corrected chi connectivity index (χ4v) is 9.47. The lowest BCUT2D eigenvalue weighted by Gasteiger charge is -2.43. The zero-order valence-electron chi connectivity index (χ0n) is 46.7. The van der Waals surface area contributed by atoms with Gasteiger partial charge in [0.05, 0.1) is 6.61 Å². The Kier molecular flexibility index (Phi) is 35.2. The van der Waals surface area contributed by atoms with E-state index in [-0.39, 0.29) is 23.0 Å². The average molecular weight is 1340 g/mol. The lowest BCUT2D eigenvalue weighted by Crippen LogP contribution is -2.61. The number of aliphatic hydroxyl groups excluding tert-OH is 25. The van der Waals surface area contributed by atoms with Gasteiger partial charge in [0.25, 0.3) is 0 Å². The molecule has 0 aromatic rings. The molecule has 516 valence electrons. The number of hydrogen-bond acceptors (Lipinski definition) is 39. The van der Waals surface area contributed by atoms with Gasteiger partial charge in [-0.05, 0) is 24.3 Å². The summed E-state index contributed by atoms with van der Waals surface area (Å²) in [6, 6.07) is -2.94. The number of aliphatic carboxylic acids is 2. The maximum atomic E-state index is 11.3. The standard InChI is InChI=1S/C48H80N2O37S2/c49-16(40(70)71)14-88-11-5-22-29(60)36(67)44(76)82-20(3-9-53)27(58)37(68)47(79)87-39-24(13-55)86-48(38(69)31(39)62)85-21(4-10-54)28(59)34(65)46(78)84-23(6-12-89-15-17(50)41(72)73)30(61)35(66)43(75)81-18(1-7-51)25(56)32(63)42(74)80-19(2-8-52)26(57)33(64)45(77)83-22/h16-24,31,38-39,42-48,51-69,74-79H,1-15,49-50H2,(H,70,71)(H,72,73)/b32-25+,33-26+,34-28+,35-30-,36-29+,37-27+/t16-,17-,18-,19-,20+,21-,22-,23-,24?,31?,38?,39-,42+,43-,44+,45+,46-,47-,48+/m1/s1. The number of carboxylic acids is 2. The van der Waals surface area contributed by atoms with E-state index in [0.29, 0.717) is 0 Å². The Labute approximate surface area is 511 Å². The van der Waals surface area contributed by atoms with E-state index in [4.69, 9.17) is 49.4 Å². The van der Waals surface area contributed by atoms with E-state index in [1.165, 1.54) is 0 Å². The number of hydrogen-bond donors (Lipinski definition) is 29. The van der Waals surface area contributed by atoms with Crippen molar-refractivity contribution in [1.82, 2.24) is 0 Å². The molecule has 0 saturated carbocycles. The van der Waals surface area contributed by atoms with Crippen molar-refractivity contribution in [2.24, 2.45) is 11.5 Å². The summed E-state index contributed by atoms with van der Waals surface area (Å²) in [5.74, 6) is -23.6. The lowest BCUT2D eigenvalue weighted by molar-refractivity contribution is -0.329. The van der Waals surface area contributed by atoms with Gasteiger partial charge >= 0.3 is 11.9 Å². The van der Waals surface area contributed by atoms with Gasteiger partial charge < -0.3 is 187 Å². The van der Waals surface area contributed by atoms with Gasteiger partial charge in [0.15, 0.2) is 75.4 Å². The molecule has 1 saturated heterocycles. The van der Waals surface area contributed by atoms with Crippen molar-refractivity contribution in [1.29, 1.82) is 0 Å². The van der Waals surface area contributed by atoms with Crippen LogP contribution in [0.2, 0.25) is 0 Å². The van der Waals surface area contributed by atoms with Crippen LogP contribution in [-0.4, -0.2) is 323 Å². The third-order valence-corrected chi connectivity index (χ3v) is 14.8. The minimum atomic E-state index is -2.91. The number of thioether (sulfide) groups is 2. The fraction of sp³-hybridized carbons (Fsp3) is 0.708. The summed E-state index contributed by atoms with van der Waals surface area (Å²) in [5.41, 5.74) is 11.0. The number of aliphatic hydroxyl groups is 25. The SMILES string of the molecule is N[C@H](CSCC[C@H]1O[C@@H](O)/C(O)=C(\O)[C@@H](CCO)O[C@H]2OC(CO)[C@@H](O[C@@H](O)/C(O)=C(\O)[C@H](CCO)O[C@H](O)/C(O)=C(\O)[C@@H](CCSC[C@@H](N)C(=O)O)O[C@H](O)/C(O)=C(\O)[C@@H](CCO)O[C@H](O)/C(O)=C(\O)[C@@H](CCO)O[C@@H](O)/C(O)=C\1O)C(O)C2O)C(=O)O. The highest BCUT2D eigenvalue weighted by atomic mass is 32.2. The van der Waals surface area contributed by atoms with Crippen LogP contribution in [0.25, 0.3) is 0 Å². The molecule has 31 N–H and O–H groups in total. The molecule has 89 heavy (non-hydrogen) atoms. The smallest absolute Gasteiger partial charge is 0.321 e. The zero-order chi connectivity index (χ0) is 67.7. The third-order valence-electron chi connectivity index (χ3n) is 12.5. The predicted octanol–water partition coefficient (Wildman–Crippen LogP) is -5.39. The van der Waals surface area contributed by atoms with E-state index in [0.717, 1.165) is 23.5 Å². The highest BCUT2D eigenvalue weighted by Gasteiger charge is 2.49. The molecule has 0 radical (unpaired) electrons. The van der Waals surface area contributed by atoms with Gasteiger partial charge in [-0.2, -0.15) is 23.5 Å². The van der Waals surface area contributed by atoms with Crippen LogP contribution in [0.15, 0.2) is 69.1 Å². The van der Waals surface area contributed by atoms with Crippen LogP contribution in [0.1, 0.15) is 38.5 Å². The molecular formula is C48H80N2O37S2. The first-order chi connectivity index (χ1) is 41.8. The second kappa shape index (κ2) is 39.2. The Morgan fingerprint density at radius 3 is 0.854 bits per heavy atom. The Hall–Kier alpha value is -5.24. The number of ether oxygens (including phenoxy) is 8. The molecule has 3 aliphatic heterocycles. The van der Waals surface area contributed by atoms with E-state index in [2.05, 4.69) is 0 Å². The summed E-state index contributed by atoms with van der Waals surface area (Å²) in [7, 11) is 0. The lowest BCUT2D eigenvalue weighted by atomic mass is 9.98. The Balaban J connectivity index is 2.97. The van der Waals surface area contributed by atoms with Crippen molar-refractivity contribution >= 4 is 35.5 Å². The highest BCUT2D eigenvalue weighted by molar-refractivity contribution is 7.99. The Bertz CT molecular complexity index is 2400. The molecule has 0 aliphatic carbocycles. The van der Waals surface area contributed by atoms with E-state index in [1.54, 1.807) is 0 Å². The van der Waals surface area contributed by atoms with Crippen LogP contribution in [0.3, 0.4) is 0 Å². The van der Waals surface area contributed by atoms with Crippen LogP contribution < -0.4 is 11.5 Å². The van der Waals surface area contributed by atoms with Crippen molar-refractivity contribution in [2.75, 3.05) is 56.0 Å². The minimum Gasteiger partial charge on any atom is -0.506 e. The Morgan fingerprint density at radius 2 is 0.607 bits per heavy atom. The molecular weight excluding hydrogens is 1260 g/mol. The summed E-state index contributed by atoms with van der Waals surface area (Å²) < 4.78 is 42.0. The Morgan fingerprint density at radius 1 is 0.360 bits per heavy atom. The maximum Gasteiger partial charge on any atom is 0.321 e. The van der Waals surface area contributed by atoms with Crippen LogP contribution in [0.5, 0.6) is 0 Å². The van der Waals surface area contributed by atoms with Gasteiger partial charge in [-0.25, -0.2) is 0 Å². The number of fused-ring (bicyclic) bond motifs is 26. The molecule has 0 aromatic heterocycles. The fourth-order valence-electron chi connectivity index (χ4n) is 7.59. The first-order valence-electron chi connectivity index (χ1n) is 26.3. The largest absolute Gasteiger partial charge is 0.506 e. The highest BCUT2D eigenvalue weighted by Crippen LogP contribution is 2.32. The predicted molar refractivity (Wildman–Crippen MR) is 294 cm³/mol. The first-order valence-corrected chi connectivity index (χ1v) is 28.6. The van der Waals surface area contributed by atoms with E-state index >= 15 is 0 Å². The summed E-state index contributed by atoms with van der Waals surface area (Å²) in [6.07, 6.45) is -46.7. The topological polar surface area (TPSA) is 706 Å². The number of nitrogens with two attached hydrogens (primary N) is 2. The molecule has 0 spiro atoms. The molecule has 3 unspecified atom stereocenters. The van der Waals surface area contributed by atoms with Gasteiger partial charge in [0.2, 0.25) is 37.7 Å². The monoisotopic (exact) mass is 1340 g/mol. The van der Waals surface area contributed by atoms with Gasteiger partial charge in [0.1, 0.15) is 73.1 Å². The van der Waals surface area contributed by atoms with Gasteiger partial charge in [0, 0.05) is 63.6 Å². The van der Waals surface area contributed by atoms with Crippen molar-refractivity contribution in [2.45, 2.75) is 156 Å². The minimum absolute atomic E-state index is 0.320. The molecule has 2 bridgehead atoms. The van der Waals surface area contributed by atoms with Crippen molar-refractivity contribution in [3.05, 3.63) is 69.1 Å². The maximum absolute atomic E-state index is 11.3. The molecule has 0 aromatic carbocycles. The second-order valence-corrected chi connectivity index (χ2v) is 21.3. The van der Waals surface area contributed by atoms with Gasteiger partial charge in [-0.15, -0.1) is 0 Å². The van der Waals surface area contributed by atoms with Crippen LogP contribution >= 0.6 is 23.5 Å². The molecule has 1 fully saturated rings. The van der Waals surface area contributed by atoms with Gasteiger partial charge in [-0.1, -0.05) is 0 Å². The van der Waals surface area contributed by atoms with Crippen LogP contribution in [0, 0.1) is 0 Å². The number of carboxylic acid groups (broad SMARTS) is 2. The summed E-state index contributed by atoms with van der Waals surface area (Å²) >= 11 is 1.51.